The van der Waals surface area contributed by atoms with Gasteiger partial charge in [-0.2, -0.15) is 0 Å². The van der Waals surface area contributed by atoms with Crippen molar-refractivity contribution in [2.75, 3.05) is 41.0 Å². The number of nitrogens with zero attached hydrogens (tertiary/aromatic N) is 2. The molecule has 1 saturated heterocycles. The Bertz CT molecular complexity index is 1150. The molecule has 3 aromatic rings. The number of carbonyl (C=O) groups is 2. The lowest BCUT2D eigenvalue weighted by Gasteiger charge is -2.27. The van der Waals surface area contributed by atoms with E-state index in [0.29, 0.717) is 37.0 Å². The number of pyridine rings is 1. The van der Waals surface area contributed by atoms with Crippen molar-refractivity contribution in [2.45, 2.75) is 26.3 Å². The first kappa shape index (κ1) is 22.5. The van der Waals surface area contributed by atoms with E-state index in [-0.39, 0.29) is 18.4 Å². The molecule has 1 fully saturated rings. The van der Waals surface area contributed by atoms with Gasteiger partial charge in [-0.05, 0) is 60.2 Å². The Balaban J connectivity index is 1.47. The van der Waals surface area contributed by atoms with Gasteiger partial charge < -0.3 is 26.0 Å². The number of amides is 2. The molecular formula is C25H29N5O3. The Morgan fingerprint density at radius 1 is 1.15 bits per heavy atom. The van der Waals surface area contributed by atoms with Crippen LogP contribution in [0.3, 0.4) is 0 Å². The standard InChI is InChI=1S/C25H29N5O3/c1-16(2)13-22(28-19-4-3-17-9-10-27-24(26)21(17)14-19)25(32)29-18-5-7-20(8-6-18)30-11-12-33-15-23(30)31/h3-10,14,16,22,28H,11-13,15H2,1-2H3,(H2,26,27)(H,29,32). The van der Waals surface area contributed by atoms with Crippen LogP contribution >= 0.6 is 0 Å². The van der Waals surface area contributed by atoms with Crippen LogP contribution in [0.15, 0.2) is 54.7 Å². The number of hydrogen-bond acceptors (Lipinski definition) is 6. The summed E-state index contributed by atoms with van der Waals surface area (Å²) in [4.78, 5) is 31.0. The maximum absolute atomic E-state index is 13.1. The van der Waals surface area contributed by atoms with Crippen molar-refractivity contribution >= 4 is 45.5 Å². The number of nitrogens with two attached hydrogens (primary N) is 1. The lowest BCUT2D eigenvalue weighted by molar-refractivity contribution is -0.125. The summed E-state index contributed by atoms with van der Waals surface area (Å²) in [5.74, 6) is 0.582. The van der Waals surface area contributed by atoms with Crippen LogP contribution in [0.4, 0.5) is 22.9 Å². The van der Waals surface area contributed by atoms with E-state index in [2.05, 4.69) is 29.5 Å². The van der Waals surface area contributed by atoms with Crippen LogP contribution < -0.4 is 21.3 Å². The summed E-state index contributed by atoms with van der Waals surface area (Å²) in [6.07, 6.45) is 2.34. The van der Waals surface area contributed by atoms with E-state index in [4.69, 9.17) is 10.5 Å². The quantitative estimate of drug-likeness (QED) is 0.510. The fourth-order valence-electron chi connectivity index (χ4n) is 3.93. The Morgan fingerprint density at radius 2 is 1.91 bits per heavy atom. The molecule has 1 aromatic heterocycles. The third kappa shape index (κ3) is 5.40. The first-order valence-electron chi connectivity index (χ1n) is 11.1. The van der Waals surface area contributed by atoms with Crippen LogP contribution in [0.2, 0.25) is 0 Å². The Kier molecular flexibility index (Phi) is 6.74. The van der Waals surface area contributed by atoms with Crippen molar-refractivity contribution in [2.24, 2.45) is 5.92 Å². The number of morpholine rings is 1. The molecule has 8 nitrogen and oxygen atoms in total. The number of nitrogens with one attached hydrogen (secondary N) is 2. The minimum Gasteiger partial charge on any atom is -0.383 e. The van der Waals surface area contributed by atoms with E-state index in [1.165, 1.54) is 0 Å². The number of carbonyl (C=O) groups excluding carboxylic acids is 2. The molecule has 0 bridgehead atoms. The van der Waals surface area contributed by atoms with E-state index in [1.807, 2.05) is 48.5 Å². The Hall–Kier alpha value is -3.65. The third-order valence-electron chi connectivity index (χ3n) is 5.59. The monoisotopic (exact) mass is 447 g/mol. The van der Waals surface area contributed by atoms with E-state index < -0.39 is 6.04 Å². The van der Waals surface area contributed by atoms with Crippen molar-refractivity contribution in [1.82, 2.24) is 4.98 Å². The lowest BCUT2D eigenvalue weighted by Crippen LogP contribution is -2.41. The SMILES string of the molecule is CC(C)CC(Nc1ccc2ccnc(N)c2c1)C(=O)Nc1ccc(N2CCOCC2=O)cc1. The summed E-state index contributed by atoms with van der Waals surface area (Å²) in [6, 6.07) is 14.6. The molecule has 2 amide bonds. The predicted molar refractivity (Wildman–Crippen MR) is 131 cm³/mol. The largest absolute Gasteiger partial charge is 0.383 e. The Morgan fingerprint density at radius 3 is 2.64 bits per heavy atom. The van der Waals surface area contributed by atoms with Crippen molar-refractivity contribution in [3.63, 3.8) is 0 Å². The molecule has 2 aromatic carbocycles. The smallest absolute Gasteiger partial charge is 0.253 e. The molecule has 172 valence electrons. The first-order chi connectivity index (χ1) is 15.9. The van der Waals surface area contributed by atoms with Gasteiger partial charge in [0.2, 0.25) is 5.91 Å². The van der Waals surface area contributed by atoms with E-state index in [1.54, 1.807) is 11.1 Å². The molecule has 0 aliphatic carbocycles. The number of fused-ring (bicyclic) bond motifs is 1. The molecular weight excluding hydrogens is 418 g/mol. The van der Waals surface area contributed by atoms with Crippen molar-refractivity contribution < 1.29 is 14.3 Å². The average molecular weight is 448 g/mol. The molecule has 8 heteroatoms. The molecule has 2 heterocycles. The summed E-state index contributed by atoms with van der Waals surface area (Å²) < 4.78 is 5.18. The number of aromatic nitrogens is 1. The number of ether oxygens (including phenoxy) is 1. The summed E-state index contributed by atoms with van der Waals surface area (Å²) in [7, 11) is 0. The van der Waals surface area contributed by atoms with Gasteiger partial charge in [0.15, 0.2) is 0 Å². The maximum atomic E-state index is 13.1. The number of nitrogen functional groups attached to an aromatic ring is 1. The highest BCUT2D eigenvalue weighted by Gasteiger charge is 2.22. The number of rotatable bonds is 7. The summed E-state index contributed by atoms with van der Waals surface area (Å²) >= 11 is 0. The van der Waals surface area contributed by atoms with E-state index in [0.717, 1.165) is 22.1 Å². The second kappa shape index (κ2) is 9.87. The minimum atomic E-state index is -0.430. The summed E-state index contributed by atoms with van der Waals surface area (Å²) in [5.41, 5.74) is 8.30. The van der Waals surface area contributed by atoms with Crippen LogP contribution in [-0.2, 0) is 14.3 Å². The molecule has 1 unspecified atom stereocenters. The van der Waals surface area contributed by atoms with Gasteiger partial charge in [-0.3, -0.25) is 9.59 Å². The van der Waals surface area contributed by atoms with Crippen LogP contribution in [0.5, 0.6) is 0 Å². The highest BCUT2D eigenvalue weighted by molar-refractivity contribution is 5.99. The fourth-order valence-corrected chi connectivity index (χ4v) is 3.93. The molecule has 0 spiro atoms. The average Bonchev–Trinajstić information content (AvgIpc) is 2.80. The zero-order chi connectivity index (χ0) is 23.4. The second-order valence-corrected chi connectivity index (χ2v) is 8.59. The van der Waals surface area contributed by atoms with Gasteiger partial charge in [-0.1, -0.05) is 19.9 Å². The molecule has 1 aliphatic rings. The van der Waals surface area contributed by atoms with E-state index >= 15 is 0 Å². The maximum Gasteiger partial charge on any atom is 0.253 e. The van der Waals surface area contributed by atoms with Gasteiger partial charge in [-0.25, -0.2) is 4.98 Å². The van der Waals surface area contributed by atoms with Crippen LogP contribution in [0, 0.1) is 5.92 Å². The lowest BCUT2D eigenvalue weighted by atomic mass is 10.0. The molecule has 0 radical (unpaired) electrons. The summed E-state index contributed by atoms with van der Waals surface area (Å²) in [5, 5.41) is 8.19. The molecule has 4 rings (SSSR count). The van der Waals surface area contributed by atoms with Gasteiger partial charge in [0, 0.05) is 35.2 Å². The van der Waals surface area contributed by atoms with Crippen LogP contribution in [-0.4, -0.2) is 42.6 Å². The van der Waals surface area contributed by atoms with Crippen molar-refractivity contribution in [1.29, 1.82) is 0 Å². The minimum absolute atomic E-state index is 0.0644. The van der Waals surface area contributed by atoms with E-state index in [9.17, 15) is 9.59 Å². The van der Waals surface area contributed by atoms with Gasteiger partial charge in [-0.15, -0.1) is 0 Å². The van der Waals surface area contributed by atoms with Crippen molar-refractivity contribution in [3.05, 3.63) is 54.7 Å². The third-order valence-corrected chi connectivity index (χ3v) is 5.59. The second-order valence-electron chi connectivity index (χ2n) is 8.59. The zero-order valence-corrected chi connectivity index (χ0v) is 18.9. The molecule has 33 heavy (non-hydrogen) atoms. The zero-order valence-electron chi connectivity index (χ0n) is 18.9. The molecule has 0 saturated carbocycles. The fraction of sp³-hybridized carbons (Fsp3) is 0.320. The molecule has 1 aliphatic heterocycles. The number of hydrogen-bond donors (Lipinski definition) is 3. The summed E-state index contributed by atoms with van der Waals surface area (Å²) in [6.45, 7) is 5.30. The van der Waals surface area contributed by atoms with Gasteiger partial charge in [0.1, 0.15) is 18.5 Å². The first-order valence-corrected chi connectivity index (χ1v) is 11.1. The van der Waals surface area contributed by atoms with Crippen LogP contribution in [0.25, 0.3) is 10.8 Å². The van der Waals surface area contributed by atoms with Crippen molar-refractivity contribution in [3.8, 4) is 0 Å². The van der Waals surface area contributed by atoms with Gasteiger partial charge in [0.25, 0.3) is 5.91 Å². The molecule has 1 atom stereocenters. The topological polar surface area (TPSA) is 110 Å². The normalized spacial score (nSPS) is 15.0. The number of anilines is 4. The van der Waals surface area contributed by atoms with Gasteiger partial charge in [0.05, 0.1) is 6.61 Å². The Labute approximate surface area is 193 Å². The molecule has 4 N–H and O–H groups in total. The highest BCUT2D eigenvalue weighted by Crippen LogP contribution is 2.25. The van der Waals surface area contributed by atoms with Gasteiger partial charge >= 0.3 is 0 Å². The van der Waals surface area contributed by atoms with Crippen LogP contribution in [0.1, 0.15) is 20.3 Å². The highest BCUT2D eigenvalue weighted by atomic mass is 16.5. The number of benzene rings is 2. The predicted octanol–water partition coefficient (Wildman–Crippen LogP) is 3.65.